The van der Waals surface area contributed by atoms with Crippen molar-refractivity contribution in [1.82, 2.24) is 19.6 Å². The van der Waals surface area contributed by atoms with Gasteiger partial charge in [-0.25, -0.2) is 23.1 Å². The summed E-state index contributed by atoms with van der Waals surface area (Å²) in [5.74, 6) is 5.29. The van der Waals surface area contributed by atoms with E-state index < -0.39 is 22.0 Å². The fourth-order valence-electron chi connectivity index (χ4n) is 3.85. The lowest BCUT2D eigenvalue weighted by Crippen LogP contribution is -2.34. The van der Waals surface area contributed by atoms with E-state index in [1.54, 1.807) is 37.3 Å². The molecule has 188 valence electrons. The molecule has 0 aliphatic heterocycles. The third-order valence-corrected chi connectivity index (χ3v) is 6.18. The van der Waals surface area contributed by atoms with Crippen LogP contribution in [-0.2, 0) is 10.0 Å². The van der Waals surface area contributed by atoms with E-state index in [0.29, 0.717) is 27.7 Å². The molecule has 0 aliphatic carbocycles. The van der Waals surface area contributed by atoms with Gasteiger partial charge in [-0.3, -0.25) is 19.9 Å². The lowest BCUT2D eigenvalue weighted by Gasteiger charge is -2.21. The van der Waals surface area contributed by atoms with Gasteiger partial charge >= 0.3 is 5.82 Å². The number of hydrogen-bond acceptors (Lipinski definition) is 6. The Labute approximate surface area is 213 Å². The molecule has 0 spiro atoms. The number of aromatic nitrogens is 3. The average Bonchev–Trinajstić information content (AvgIpc) is 2.86. The molecule has 4 aromatic rings. The van der Waals surface area contributed by atoms with E-state index in [1.807, 2.05) is 24.3 Å². The number of fused-ring (bicyclic) bond motifs is 1. The molecule has 0 aliphatic rings. The molecular formula is C26H25N6O4S+. The highest BCUT2D eigenvalue weighted by molar-refractivity contribution is 7.88. The maximum atomic E-state index is 13.9. The molecule has 2 heterocycles. The molecule has 4 rings (SSSR count). The van der Waals surface area contributed by atoms with Crippen LogP contribution in [0.5, 0.6) is 0 Å². The molecule has 11 heteroatoms. The predicted molar refractivity (Wildman–Crippen MR) is 140 cm³/mol. The molecule has 0 radical (unpaired) electrons. The van der Waals surface area contributed by atoms with Crippen molar-refractivity contribution in [2.24, 2.45) is 0 Å². The summed E-state index contributed by atoms with van der Waals surface area (Å²) >= 11 is 0. The number of rotatable bonds is 6. The number of nitrogens with two attached hydrogens (primary N) is 1. The van der Waals surface area contributed by atoms with Gasteiger partial charge in [-0.1, -0.05) is 42.2 Å². The average molecular weight is 518 g/mol. The van der Waals surface area contributed by atoms with E-state index in [-0.39, 0.29) is 23.6 Å². The van der Waals surface area contributed by atoms with Crippen LogP contribution in [0.3, 0.4) is 0 Å². The summed E-state index contributed by atoms with van der Waals surface area (Å²) in [7, 11) is -3.39. The highest BCUT2D eigenvalue weighted by Gasteiger charge is 2.22. The number of H-pyrrole nitrogens is 1. The number of carbonyl (C=O) groups excluding carboxylic acids is 1. The van der Waals surface area contributed by atoms with Gasteiger partial charge in [0.05, 0.1) is 30.4 Å². The summed E-state index contributed by atoms with van der Waals surface area (Å²) in [6.45, 7) is 1.68. The molecule has 37 heavy (non-hydrogen) atoms. The van der Waals surface area contributed by atoms with E-state index in [1.165, 1.54) is 17.0 Å². The van der Waals surface area contributed by atoms with Crippen LogP contribution in [0, 0.1) is 11.8 Å². The largest absolute Gasteiger partial charge is 0.342 e. The summed E-state index contributed by atoms with van der Waals surface area (Å²) in [4.78, 5) is 33.6. The highest BCUT2D eigenvalue weighted by Crippen LogP contribution is 2.23. The number of amides is 1. The first-order valence-corrected chi connectivity index (χ1v) is 13.2. The lowest BCUT2D eigenvalue weighted by molar-refractivity contribution is -0.361. The number of nitrogens with one attached hydrogen (secondary N) is 3. The van der Waals surface area contributed by atoms with Gasteiger partial charge in [0.15, 0.2) is 0 Å². The van der Waals surface area contributed by atoms with Crippen molar-refractivity contribution in [2.75, 3.05) is 18.5 Å². The summed E-state index contributed by atoms with van der Waals surface area (Å²) in [5.41, 5.74) is 7.19. The second-order valence-corrected chi connectivity index (χ2v) is 10.1. The third-order valence-electron chi connectivity index (χ3n) is 5.51. The Hall–Kier alpha value is -4.53. The molecule has 0 bridgehead atoms. The maximum absolute atomic E-state index is 13.9. The molecule has 10 nitrogen and oxygen atoms in total. The Morgan fingerprint density at radius 1 is 1.19 bits per heavy atom. The molecule has 2 aromatic carbocycles. The number of nitrogen functional groups attached to an aromatic ring is 1. The van der Waals surface area contributed by atoms with Crippen molar-refractivity contribution in [3.05, 3.63) is 94.3 Å². The van der Waals surface area contributed by atoms with Gasteiger partial charge in [0, 0.05) is 16.9 Å². The van der Waals surface area contributed by atoms with E-state index in [0.717, 1.165) is 6.26 Å². The molecule has 0 saturated heterocycles. The second-order valence-electron chi connectivity index (χ2n) is 8.26. The molecular weight excluding hydrogens is 492 g/mol. The molecule has 2 aromatic heterocycles. The van der Waals surface area contributed by atoms with Gasteiger partial charge in [-0.2, -0.15) is 0 Å². The number of hydrogen-bond donors (Lipinski definition) is 3. The van der Waals surface area contributed by atoms with E-state index in [9.17, 15) is 18.0 Å². The van der Waals surface area contributed by atoms with Crippen molar-refractivity contribution >= 4 is 32.5 Å². The Kier molecular flexibility index (Phi) is 7.33. The first kappa shape index (κ1) is 25.6. The first-order chi connectivity index (χ1) is 17.7. The van der Waals surface area contributed by atoms with Crippen LogP contribution in [0.25, 0.3) is 16.5 Å². The van der Waals surface area contributed by atoms with Crippen molar-refractivity contribution in [3.63, 3.8) is 0 Å². The first-order valence-electron chi connectivity index (χ1n) is 11.3. The molecule has 1 unspecified atom stereocenters. The van der Waals surface area contributed by atoms with Crippen LogP contribution in [0.4, 0.5) is 5.82 Å². The zero-order valence-corrected chi connectivity index (χ0v) is 21.0. The summed E-state index contributed by atoms with van der Waals surface area (Å²) < 4.78 is 26.5. The number of para-hydroxylation sites is 1. The third kappa shape index (κ3) is 5.83. The van der Waals surface area contributed by atoms with E-state index in [2.05, 4.69) is 31.8 Å². The van der Waals surface area contributed by atoms with Crippen molar-refractivity contribution < 1.29 is 18.2 Å². The summed E-state index contributed by atoms with van der Waals surface area (Å²) in [6, 6.07) is 15.5. The summed E-state index contributed by atoms with van der Waals surface area (Å²) in [5, 5.41) is 3.88. The van der Waals surface area contributed by atoms with Crippen LogP contribution < -0.4 is 26.3 Å². The van der Waals surface area contributed by atoms with Crippen LogP contribution in [0.15, 0.2) is 71.8 Å². The predicted octanol–water partition coefficient (Wildman–Crippen LogP) is 1.17. The molecule has 1 atom stereocenters. The van der Waals surface area contributed by atoms with Crippen molar-refractivity contribution in [3.8, 4) is 17.5 Å². The molecule has 5 N–H and O–H groups in total. The molecule has 0 fully saturated rings. The number of sulfonamides is 1. The standard InChI is InChI=1S/C26H24N6O4S/c1-17(31-25(33)23-24(27)29-15-14-28-23)21-16-19-9-6-8-18(10-7-13-30-37(2,35)36)22(19)26(34)32(21)20-11-4-3-5-12-20/h3-6,8-9,11-12,14-17,30H,13H2,1-2H3,(H2,27,29)(H,31,33)/p+1. The maximum Gasteiger partial charge on any atom is 0.302 e. The van der Waals surface area contributed by atoms with Crippen LogP contribution in [0.2, 0.25) is 0 Å². The smallest absolute Gasteiger partial charge is 0.302 e. The Morgan fingerprint density at radius 2 is 1.95 bits per heavy atom. The van der Waals surface area contributed by atoms with Gasteiger partial charge in [-0.15, -0.1) is 0 Å². The normalized spacial score (nSPS) is 11.9. The minimum Gasteiger partial charge on any atom is -0.342 e. The molecule has 0 saturated carbocycles. The number of benzene rings is 2. The minimum absolute atomic E-state index is 0.0454. The van der Waals surface area contributed by atoms with E-state index in [4.69, 9.17) is 5.73 Å². The van der Waals surface area contributed by atoms with Gasteiger partial charge in [0.1, 0.15) is 6.20 Å². The van der Waals surface area contributed by atoms with Crippen molar-refractivity contribution in [2.45, 2.75) is 13.0 Å². The van der Waals surface area contributed by atoms with Crippen LogP contribution in [-0.4, -0.2) is 36.7 Å². The quantitative estimate of drug-likeness (QED) is 0.327. The Morgan fingerprint density at radius 3 is 2.65 bits per heavy atom. The molecule has 1 amide bonds. The Balaban J connectivity index is 1.83. The van der Waals surface area contributed by atoms with Gasteiger partial charge < -0.3 is 5.32 Å². The number of nitrogens with zero attached hydrogens (tertiary/aromatic N) is 2. The zero-order chi connectivity index (χ0) is 26.6. The van der Waals surface area contributed by atoms with Crippen molar-refractivity contribution in [1.29, 1.82) is 0 Å². The second kappa shape index (κ2) is 10.6. The van der Waals surface area contributed by atoms with E-state index >= 15 is 0 Å². The fraction of sp³-hybridized carbons (Fsp3) is 0.154. The number of anilines is 1. The zero-order valence-electron chi connectivity index (χ0n) is 20.1. The highest BCUT2D eigenvalue weighted by atomic mass is 32.2. The number of pyridine rings is 1. The van der Waals surface area contributed by atoms with Gasteiger partial charge in [0.2, 0.25) is 15.7 Å². The van der Waals surface area contributed by atoms with Crippen LogP contribution >= 0.6 is 0 Å². The lowest BCUT2D eigenvalue weighted by atomic mass is 10.0. The Bertz CT molecular complexity index is 1710. The SMILES string of the molecule is CC(NC(=O)c1ncc[nH+]c1N)c1cc2cccc(C#CCNS(C)(=O)=O)c2c(=O)n1-c1ccccc1. The monoisotopic (exact) mass is 517 g/mol. The van der Waals surface area contributed by atoms with Gasteiger partial charge in [0.25, 0.3) is 11.5 Å². The fourth-order valence-corrected chi connectivity index (χ4v) is 4.19. The topological polar surface area (TPSA) is 150 Å². The number of carbonyl (C=O) groups is 1. The van der Waals surface area contributed by atoms with Gasteiger partial charge in [-0.05, 0) is 36.6 Å². The minimum atomic E-state index is -3.39. The van der Waals surface area contributed by atoms with Crippen LogP contribution in [0.1, 0.15) is 34.7 Å². The number of aromatic amines is 1. The summed E-state index contributed by atoms with van der Waals surface area (Å²) in [6.07, 6.45) is 4.00.